The average molecular weight is 369 g/mol. The smallest absolute Gasteiger partial charge is 0.253 e. The van der Waals surface area contributed by atoms with Crippen molar-refractivity contribution in [3.63, 3.8) is 0 Å². The Morgan fingerprint density at radius 2 is 1.88 bits per heavy atom. The van der Waals surface area contributed by atoms with Crippen molar-refractivity contribution < 1.29 is 17.5 Å². The summed E-state index contributed by atoms with van der Waals surface area (Å²) in [6.07, 6.45) is -0.408. The van der Waals surface area contributed by atoms with Gasteiger partial charge >= 0.3 is 0 Å². The second kappa shape index (κ2) is 6.22. The molecule has 1 aliphatic heterocycles. The molecule has 1 aliphatic rings. The first-order valence-electron chi connectivity index (χ1n) is 7.66. The van der Waals surface area contributed by atoms with Gasteiger partial charge in [-0.3, -0.25) is 0 Å². The number of ether oxygens (including phenoxy) is 1. The van der Waals surface area contributed by atoms with Crippen LogP contribution in [0.2, 0.25) is 0 Å². The fourth-order valence-electron chi connectivity index (χ4n) is 2.79. The van der Waals surface area contributed by atoms with Crippen molar-refractivity contribution >= 4 is 21.4 Å². The molecule has 130 valence electrons. The van der Waals surface area contributed by atoms with Crippen molar-refractivity contribution in [1.82, 2.24) is 4.31 Å². The van der Waals surface area contributed by atoms with Gasteiger partial charge in [0.05, 0.1) is 18.2 Å². The van der Waals surface area contributed by atoms with Crippen molar-refractivity contribution in [3.05, 3.63) is 52.7 Å². The van der Waals surface area contributed by atoms with Gasteiger partial charge in [0, 0.05) is 11.4 Å². The molecule has 2 heterocycles. The molecule has 1 aromatic carbocycles. The van der Waals surface area contributed by atoms with Crippen LogP contribution in [-0.4, -0.2) is 31.4 Å². The second-order valence-electron chi connectivity index (χ2n) is 6.56. The van der Waals surface area contributed by atoms with Gasteiger partial charge in [0.1, 0.15) is 10.0 Å². The molecule has 4 nitrogen and oxygen atoms in total. The fourth-order valence-corrected chi connectivity index (χ4v) is 5.96. The van der Waals surface area contributed by atoms with Crippen molar-refractivity contribution in [1.29, 1.82) is 0 Å². The van der Waals surface area contributed by atoms with Crippen LogP contribution in [0.25, 0.3) is 0 Å². The molecular formula is C17H20FNO3S2. The third-order valence-electron chi connectivity index (χ3n) is 4.15. The van der Waals surface area contributed by atoms with E-state index < -0.39 is 21.7 Å². The number of nitrogens with zero attached hydrogens (tertiary/aromatic N) is 1. The standard InChI is InChI=1S/C17H20FNO3S2/c1-12-4-9-16(23-12)24(20,21)19-10-15(22-11-17(19,2)3)13-5-7-14(18)8-6-13/h4-9,15H,10-11H2,1-3H3. The minimum atomic E-state index is -3.60. The number of rotatable bonds is 3. The van der Waals surface area contributed by atoms with E-state index in [2.05, 4.69) is 0 Å². The molecule has 24 heavy (non-hydrogen) atoms. The second-order valence-corrected chi connectivity index (χ2v) is 9.94. The summed E-state index contributed by atoms with van der Waals surface area (Å²) in [6, 6.07) is 9.45. The Hall–Kier alpha value is -1.28. The molecular weight excluding hydrogens is 349 g/mol. The lowest BCUT2D eigenvalue weighted by atomic mass is 10.0. The highest BCUT2D eigenvalue weighted by Gasteiger charge is 2.43. The van der Waals surface area contributed by atoms with Crippen molar-refractivity contribution in [2.75, 3.05) is 13.2 Å². The Morgan fingerprint density at radius 3 is 2.46 bits per heavy atom. The number of sulfonamides is 1. The SMILES string of the molecule is Cc1ccc(S(=O)(=O)N2CC(c3ccc(F)cc3)OCC2(C)C)s1. The molecule has 1 fully saturated rings. The van der Waals surface area contributed by atoms with E-state index >= 15 is 0 Å². The molecule has 7 heteroatoms. The molecule has 1 atom stereocenters. The van der Waals surface area contributed by atoms with Gasteiger partial charge in [-0.25, -0.2) is 12.8 Å². The molecule has 0 aliphatic carbocycles. The molecule has 0 spiro atoms. The van der Waals surface area contributed by atoms with Gasteiger partial charge in [-0.15, -0.1) is 11.3 Å². The first-order valence-corrected chi connectivity index (χ1v) is 9.92. The topological polar surface area (TPSA) is 46.6 Å². The summed E-state index contributed by atoms with van der Waals surface area (Å²) >= 11 is 1.27. The van der Waals surface area contributed by atoms with Crippen LogP contribution >= 0.6 is 11.3 Å². The number of aryl methyl sites for hydroxylation is 1. The highest BCUT2D eigenvalue weighted by Crippen LogP contribution is 2.36. The minimum absolute atomic E-state index is 0.206. The van der Waals surface area contributed by atoms with Crippen molar-refractivity contribution in [2.24, 2.45) is 0 Å². The van der Waals surface area contributed by atoms with Gasteiger partial charge in [0.25, 0.3) is 10.0 Å². The number of thiophene rings is 1. The Morgan fingerprint density at radius 1 is 1.21 bits per heavy atom. The van der Waals surface area contributed by atoms with Crippen LogP contribution in [0.3, 0.4) is 0 Å². The van der Waals surface area contributed by atoms with Crippen molar-refractivity contribution in [3.8, 4) is 0 Å². The van der Waals surface area contributed by atoms with E-state index in [0.29, 0.717) is 4.21 Å². The third kappa shape index (κ3) is 3.26. The zero-order valence-electron chi connectivity index (χ0n) is 13.8. The highest BCUT2D eigenvalue weighted by molar-refractivity contribution is 7.91. The van der Waals surface area contributed by atoms with Gasteiger partial charge in [-0.1, -0.05) is 12.1 Å². The molecule has 0 N–H and O–H groups in total. The maximum atomic E-state index is 13.1. The van der Waals surface area contributed by atoms with E-state index in [4.69, 9.17) is 4.74 Å². The molecule has 0 amide bonds. The van der Waals surface area contributed by atoms with Gasteiger partial charge in [0.15, 0.2) is 0 Å². The minimum Gasteiger partial charge on any atom is -0.370 e. The quantitative estimate of drug-likeness (QED) is 0.828. The molecule has 1 unspecified atom stereocenters. The lowest BCUT2D eigenvalue weighted by molar-refractivity contribution is -0.0654. The molecule has 2 aromatic rings. The van der Waals surface area contributed by atoms with E-state index in [1.807, 2.05) is 26.8 Å². The highest BCUT2D eigenvalue weighted by atomic mass is 32.2. The van der Waals surface area contributed by atoms with E-state index in [-0.39, 0.29) is 19.0 Å². The predicted octanol–water partition coefficient (Wildman–Crippen LogP) is 3.74. The van der Waals surface area contributed by atoms with Gasteiger partial charge < -0.3 is 4.74 Å². The number of benzene rings is 1. The van der Waals surface area contributed by atoms with Gasteiger partial charge in [0.2, 0.25) is 0 Å². The summed E-state index contributed by atoms with van der Waals surface area (Å²) in [6.45, 7) is 6.07. The maximum absolute atomic E-state index is 13.1. The number of halogens is 1. The Bertz CT molecular complexity index is 828. The Kier molecular flexibility index (Phi) is 4.55. The van der Waals surface area contributed by atoms with Gasteiger partial charge in [-0.2, -0.15) is 4.31 Å². The molecule has 3 rings (SSSR count). The molecule has 1 aromatic heterocycles. The van der Waals surface area contributed by atoms with E-state index in [1.54, 1.807) is 18.2 Å². The summed E-state index contributed by atoms with van der Waals surface area (Å²) in [7, 11) is -3.60. The molecule has 0 bridgehead atoms. The molecule has 1 saturated heterocycles. The first-order chi connectivity index (χ1) is 11.2. The van der Waals surface area contributed by atoms with Gasteiger partial charge in [-0.05, 0) is 50.6 Å². The average Bonchev–Trinajstić information content (AvgIpc) is 2.95. The van der Waals surface area contributed by atoms with E-state index in [0.717, 1.165) is 10.4 Å². The molecule has 0 saturated carbocycles. The van der Waals surface area contributed by atoms with Crippen LogP contribution in [0.15, 0.2) is 40.6 Å². The first kappa shape index (κ1) is 17.5. The Labute approximate surface area is 145 Å². The Balaban J connectivity index is 1.93. The summed E-state index contributed by atoms with van der Waals surface area (Å²) < 4.78 is 47.0. The van der Waals surface area contributed by atoms with E-state index in [9.17, 15) is 12.8 Å². The number of hydrogen-bond donors (Lipinski definition) is 0. The fraction of sp³-hybridized carbons (Fsp3) is 0.412. The van der Waals surface area contributed by atoms with Crippen LogP contribution in [0.4, 0.5) is 4.39 Å². The predicted molar refractivity (Wildman–Crippen MR) is 92.1 cm³/mol. The van der Waals surface area contributed by atoms with Crippen molar-refractivity contribution in [2.45, 2.75) is 36.6 Å². The summed E-state index contributed by atoms with van der Waals surface area (Å²) in [5, 5.41) is 0. The van der Waals surface area contributed by atoms with E-state index in [1.165, 1.54) is 27.8 Å². The largest absolute Gasteiger partial charge is 0.370 e. The summed E-state index contributed by atoms with van der Waals surface area (Å²) in [5.74, 6) is -0.326. The van der Waals surface area contributed by atoms with Crippen LogP contribution < -0.4 is 0 Å². The third-order valence-corrected chi connectivity index (χ3v) is 7.69. The van der Waals surface area contributed by atoms with Crippen LogP contribution in [0, 0.1) is 12.7 Å². The lowest BCUT2D eigenvalue weighted by Crippen LogP contribution is -2.55. The number of morpholine rings is 1. The zero-order valence-corrected chi connectivity index (χ0v) is 15.5. The summed E-state index contributed by atoms with van der Waals surface area (Å²) in [5.41, 5.74) is 0.127. The normalized spacial score (nSPS) is 21.8. The number of hydrogen-bond acceptors (Lipinski definition) is 4. The van der Waals surface area contributed by atoms with Crippen LogP contribution in [0.1, 0.15) is 30.4 Å². The zero-order chi connectivity index (χ0) is 17.5. The monoisotopic (exact) mass is 369 g/mol. The maximum Gasteiger partial charge on any atom is 0.253 e. The molecule has 0 radical (unpaired) electrons. The van der Waals surface area contributed by atoms with Crippen LogP contribution in [-0.2, 0) is 14.8 Å². The van der Waals surface area contributed by atoms with Crippen LogP contribution in [0.5, 0.6) is 0 Å². The summed E-state index contributed by atoms with van der Waals surface area (Å²) in [4.78, 5) is 0.953. The lowest BCUT2D eigenvalue weighted by Gasteiger charge is -2.44.